The lowest BCUT2D eigenvalue weighted by molar-refractivity contribution is -0.143. The van der Waals surface area contributed by atoms with Crippen molar-refractivity contribution >= 4 is 16.8 Å². The zero-order chi connectivity index (χ0) is 24.4. The maximum absolute atomic E-state index is 13.2. The highest BCUT2D eigenvalue weighted by Gasteiger charge is 2.38. The Morgan fingerprint density at radius 3 is 2.21 bits per heavy atom. The van der Waals surface area contributed by atoms with Crippen LogP contribution in [-0.2, 0) is 23.6 Å². The molecule has 0 aliphatic rings. The average molecular weight is 473 g/mol. The summed E-state index contributed by atoms with van der Waals surface area (Å²) < 4.78 is 84.0. The number of nitrogens with zero attached hydrogens (tertiary/aromatic N) is 2. The van der Waals surface area contributed by atoms with Gasteiger partial charge in [0.1, 0.15) is 5.82 Å². The number of halogens is 6. The first-order valence-electron chi connectivity index (χ1n) is 9.46. The molecule has 1 N–H and O–H groups in total. The van der Waals surface area contributed by atoms with Gasteiger partial charge in [0.25, 0.3) is 11.5 Å². The van der Waals surface area contributed by atoms with E-state index >= 15 is 0 Å². The molecule has 0 fully saturated rings. The maximum atomic E-state index is 13.2. The van der Waals surface area contributed by atoms with E-state index in [4.69, 9.17) is 4.74 Å². The number of carbonyl (C=O) groups excluding carboxylic acids is 1. The molecule has 0 unspecified atom stereocenters. The zero-order valence-corrected chi connectivity index (χ0v) is 17.0. The van der Waals surface area contributed by atoms with E-state index in [0.717, 1.165) is 4.90 Å². The first-order valence-corrected chi connectivity index (χ1v) is 9.46. The fourth-order valence-electron chi connectivity index (χ4n) is 3.11. The normalized spacial score (nSPS) is 12.2. The van der Waals surface area contributed by atoms with Crippen LogP contribution >= 0.6 is 0 Å². The molecule has 6 nitrogen and oxygen atoms in total. The molecule has 1 aromatic heterocycles. The Bertz CT molecular complexity index is 1190. The number of ether oxygens (including phenoxy) is 1. The third kappa shape index (κ3) is 5.69. The Labute approximate surface area is 182 Å². The predicted octanol–water partition coefficient (Wildman–Crippen LogP) is 4.25. The van der Waals surface area contributed by atoms with E-state index in [9.17, 15) is 35.9 Å². The minimum Gasteiger partial charge on any atom is -0.383 e. The quantitative estimate of drug-likeness (QED) is 0.544. The van der Waals surface area contributed by atoms with Gasteiger partial charge in [-0.3, -0.25) is 9.59 Å². The van der Waals surface area contributed by atoms with E-state index in [2.05, 4.69) is 9.97 Å². The average Bonchev–Trinajstić information content (AvgIpc) is 2.74. The van der Waals surface area contributed by atoms with Crippen LogP contribution in [0.25, 0.3) is 10.9 Å². The van der Waals surface area contributed by atoms with Crippen molar-refractivity contribution in [1.29, 1.82) is 0 Å². The first kappa shape index (κ1) is 24.2. The molecule has 0 atom stereocenters. The minimum absolute atomic E-state index is 0.00572. The van der Waals surface area contributed by atoms with E-state index in [-0.39, 0.29) is 37.0 Å². The monoisotopic (exact) mass is 473 g/mol. The number of aromatic nitrogens is 2. The lowest BCUT2D eigenvalue weighted by Gasteiger charge is -2.23. The first-order chi connectivity index (χ1) is 15.4. The number of nitrogens with one attached hydrogen (secondary N) is 1. The third-order valence-electron chi connectivity index (χ3n) is 4.69. The molecule has 2 aromatic carbocycles. The summed E-state index contributed by atoms with van der Waals surface area (Å²) in [5.41, 5.74) is -4.22. The molecule has 0 aliphatic carbocycles. The fraction of sp³-hybridized carbons (Fsp3) is 0.286. The van der Waals surface area contributed by atoms with Crippen molar-refractivity contribution < 1.29 is 35.9 Å². The maximum Gasteiger partial charge on any atom is 0.416 e. The third-order valence-corrected chi connectivity index (χ3v) is 4.69. The standard InChI is InChI=1S/C21H17F6N3O3/c1-33-7-6-30(11-17-28-16-5-3-2-4-15(16)18(31)29-17)19(32)12-8-13(20(22,23)24)10-14(9-12)21(25,26)27/h2-5,8-10H,6-7,11H2,1H3,(H,28,29,31). The SMILES string of the molecule is COCCN(Cc1nc2ccccc2c(=O)[nH]1)C(=O)c1cc(C(F)(F)F)cc(C(F)(F)F)c1. The summed E-state index contributed by atoms with van der Waals surface area (Å²) in [5.74, 6) is -1.11. The predicted molar refractivity (Wildman–Crippen MR) is 105 cm³/mol. The van der Waals surface area contributed by atoms with Crippen molar-refractivity contribution in [2.45, 2.75) is 18.9 Å². The van der Waals surface area contributed by atoms with Crippen molar-refractivity contribution in [3.05, 3.63) is 75.3 Å². The molecule has 0 radical (unpaired) electrons. The number of rotatable bonds is 6. The van der Waals surface area contributed by atoms with Gasteiger partial charge in [-0.15, -0.1) is 0 Å². The van der Waals surface area contributed by atoms with Crippen LogP contribution < -0.4 is 5.56 Å². The molecule has 0 saturated heterocycles. The number of methoxy groups -OCH3 is 1. The van der Waals surface area contributed by atoms with Crippen LogP contribution in [-0.4, -0.2) is 41.0 Å². The molecule has 0 aliphatic heterocycles. The summed E-state index contributed by atoms with van der Waals surface area (Å²) in [6.45, 7) is -0.613. The summed E-state index contributed by atoms with van der Waals surface area (Å²) in [4.78, 5) is 32.9. The van der Waals surface area contributed by atoms with E-state index in [1.165, 1.54) is 13.2 Å². The van der Waals surface area contributed by atoms with Crippen LogP contribution in [0.2, 0.25) is 0 Å². The highest BCUT2D eigenvalue weighted by atomic mass is 19.4. The van der Waals surface area contributed by atoms with Crippen LogP contribution in [0.3, 0.4) is 0 Å². The van der Waals surface area contributed by atoms with Gasteiger partial charge in [-0.2, -0.15) is 26.3 Å². The summed E-state index contributed by atoms with van der Waals surface area (Å²) in [6, 6.07) is 6.99. The molecule has 1 heterocycles. The Morgan fingerprint density at radius 2 is 1.64 bits per heavy atom. The van der Waals surface area contributed by atoms with Gasteiger partial charge >= 0.3 is 12.4 Å². The number of hydrogen-bond acceptors (Lipinski definition) is 4. The largest absolute Gasteiger partial charge is 0.416 e. The van der Waals surface area contributed by atoms with Crippen molar-refractivity contribution in [3.63, 3.8) is 0 Å². The Balaban J connectivity index is 2.03. The summed E-state index contributed by atoms with van der Waals surface area (Å²) in [7, 11) is 1.31. The second-order valence-corrected chi connectivity index (χ2v) is 7.04. The molecular formula is C21H17F6N3O3. The molecular weight excluding hydrogens is 456 g/mol. The number of H-pyrrole nitrogens is 1. The number of benzene rings is 2. The highest BCUT2D eigenvalue weighted by Crippen LogP contribution is 2.36. The van der Waals surface area contributed by atoms with Gasteiger partial charge in [-0.25, -0.2) is 4.98 Å². The minimum atomic E-state index is -5.10. The van der Waals surface area contributed by atoms with Crippen molar-refractivity contribution in [3.8, 4) is 0 Å². The Kier molecular flexibility index (Phi) is 6.77. The van der Waals surface area contributed by atoms with E-state index < -0.39 is 40.5 Å². The summed E-state index contributed by atoms with van der Waals surface area (Å²) in [5, 5.41) is 0.281. The van der Waals surface area contributed by atoms with Crippen LogP contribution in [0, 0.1) is 0 Å². The fourth-order valence-corrected chi connectivity index (χ4v) is 3.11. The van der Waals surface area contributed by atoms with Crippen molar-refractivity contribution in [1.82, 2.24) is 14.9 Å². The van der Waals surface area contributed by atoms with E-state index in [1.54, 1.807) is 18.2 Å². The molecule has 176 valence electrons. The van der Waals surface area contributed by atoms with Crippen molar-refractivity contribution in [2.75, 3.05) is 20.3 Å². The zero-order valence-electron chi connectivity index (χ0n) is 17.0. The van der Waals surface area contributed by atoms with Gasteiger partial charge in [0.2, 0.25) is 0 Å². The number of para-hydroxylation sites is 1. The summed E-state index contributed by atoms with van der Waals surface area (Å²) >= 11 is 0. The van der Waals surface area contributed by atoms with Crippen LogP contribution in [0.5, 0.6) is 0 Å². The molecule has 0 bridgehead atoms. The van der Waals surface area contributed by atoms with Gasteiger partial charge in [0, 0.05) is 19.2 Å². The molecule has 3 aromatic rings. The Morgan fingerprint density at radius 1 is 1.03 bits per heavy atom. The lowest BCUT2D eigenvalue weighted by atomic mass is 10.0. The topological polar surface area (TPSA) is 75.3 Å². The van der Waals surface area contributed by atoms with Crippen molar-refractivity contribution in [2.24, 2.45) is 0 Å². The van der Waals surface area contributed by atoms with Crippen LogP contribution in [0.15, 0.2) is 47.3 Å². The summed E-state index contributed by atoms with van der Waals surface area (Å²) in [6.07, 6.45) is -10.2. The van der Waals surface area contributed by atoms with E-state index in [1.807, 2.05) is 0 Å². The number of fused-ring (bicyclic) bond motifs is 1. The second-order valence-electron chi connectivity index (χ2n) is 7.04. The highest BCUT2D eigenvalue weighted by molar-refractivity contribution is 5.94. The Hall–Kier alpha value is -3.41. The van der Waals surface area contributed by atoms with Gasteiger partial charge < -0.3 is 14.6 Å². The molecule has 12 heteroatoms. The number of aromatic amines is 1. The molecule has 0 saturated carbocycles. The number of hydrogen-bond donors (Lipinski definition) is 1. The molecule has 1 amide bonds. The van der Waals surface area contributed by atoms with Gasteiger partial charge in [0.15, 0.2) is 0 Å². The number of amides is 1. The molecule has 3 rings (SSSR count). The van der Waals surface area contributed by atoms with Gasteiger partial charge in [0.05, 0.1) is 35.2 Å². The smallest absolute Gasteiger partial charge is 0.383 e. The number of alkyl halides is 6. The van der Waals surface area contributed by atoms with Gasteiger partial charge in [-0.1, -0.05) is 12.1 Å². The van der Waals surface area contributed by atoms with Gasteiger partial charge in [-0.05, 0) is 30.3 Å². The van der Waals surface area contributed by atoms with E-state index in [0.29, 0.717) is 17.6 Å². The second kappa shape index (κ2) is 9.22. The molecule has 0 spiro atoms. The molecule has 33 heavy (non-hydrogen) atoms. The van der Waals surface area contributed by atoms with Crippen LogP contribution in [0.4, 0.5) is 26.3 Å². The lowest BCUT2D eigenvalue weighted by Crippen LogP contribution is -2.35. The number of carbonyl (C=O) groups is 1. The van der Waals surface area contributed by atoms with Crippen LogP contribution in [0.1, 0.15) is 27.3 Å².